The van der Waals surface area contributed by atoms with Crippen molar-refractivity contribution < 1.29 is 38.1 Å². The van der Waals surface area contributed by atoms with Crippen LogP contribution in [0.25, 0.3) is 11.2 Å². The lowest BCUT2D eigenvalue weighted by atomic mass is 10.1. The van der Waals surface area contributed by atoms with Crippen molar-refractivity contribution in [3.63, 3.8) is 0 Å². The molecule has 0 saturated carbocycles. The molecule has 0 aromatic carbocycles. The molecule has 2 aromatic heterocycles. The SMILES string of the molecule is CC(=O)OC[C@H]1OC(n2cnc3c(NC4CCOC4)ncnc32)[C@H](OC(C)=O)[C@@H]1OC(C)=O. The van der Waals surface area contributed by atoms with Crippen molar-refractivity contribution in [3.05, 3.63) is 12.7 Å². The summed E-state index contributed by atoms with van der Waals surface area (Å²) in [7, 11) is 0. The molecule has 0 aliphatic carbocycles. The molecule has 13 heteroatoms. The van der Waals surface area contributed by atoms with Gasteiger partial charge in [0, 0.05) is 27.4 Å². The molecule has 2 saturated heterocycles. The van der Waals surface area contributed by atoms with Crippen LogP contribution in [-0.4, -0.2) is 81.6 Å². The summed E-state index contributed by atoms with van der Waals surface area (Å²) in [5.74, 6) is -1.19. The van der Waals surface area contributed by atoms with E-state index in [2.05, 4.69) is 20.3 Å². The third kappa shape index (κ3) is 5.03. The molecule has 33 heavy (non-hydrogen) atoms. The summed E-state index contributed by atoms with van der Waals surface area (Å²) in [6.45, 7) is 4.75. The Hall–Kier alpha value is -3.32. The number of carbonyl (C=O) groups excluding carboxylic acids is 3. The molecule has 0 radical (unpaired) electrons. The van der Waals surface area contributed by atoms with Gasteiger partial charge in [0.15, 0.2) is 35.4 Å². The Morgan fingerprint density at radius 2 is 1.85 bits per heavy atom. The topological polar surface area (TPSA) is 153 Å². The summed E-state index contributed by atoms with van der Waals surface area (Å²) < 4.78 is 29.0. The van der Waals surface area contributed by atoms with Gasteiger partial charge in [-0.25, -0.2) is 15.0 Å². The van der Waals surface area contributed by atoms with E-state index in [0.717, 1.165) is 6.42 Å². The molecule has 178 valence electrons. The number of imidazole rings is 1. The van der Waals surface area contributed by atoms with Gasteiger partial charge in [0.25, 0.3) is 0 Å². The highest BCUT2D eigenvalue weighted by Crippen LogP contribution is 2.36. The number of rotatable bonds is 7. The summed E-state index contributed by atoms with van der Waals surface area (Å²) in [6.07, 6.45) is -0.151. The van der Waals surface area contributed by atoms with Gasteiger partial charge in [0.05, 0.1) is 19.0 Å². The number of nitrogens with one attached hydrogen (secondary N) is 1. The lowest BCUT2D eigenvalue weighted by Crippen LogP contribution is -2.40. The first kappa shape index (κ1) is 22.9. The largest absolute Gasteiger partial charge is 0.463 e. The van der Waals surface area contributed by atoms with Gasteiger partial charge in [0.1, 0.15) is 19.0 Å². The van der Waals surface area contributed by atoms with Crippen molar-refractivity contribution in [2.45, 2.75) is 57.8 Å². The van der Waals surface area contributed by atoms with E-state index in [1.54, 1.807) is 4.57 Å². The van der Waals surface area contributed by atoms with E-state index in [0.29, 0.717) is 30.2 Å². The van der Waals surface area contributed by atoms with Crippen LogP contribution < -0.4 is 5.32 Å². The third-order valence-electron chi connectivity index (χ3n) is 5.24. The number of ether oxygens (including phenoxy) is 5. The fourth-order valence-electron chi connectivity index (χ4n) is 3.90. The number of nitrogens with zero attached hydrogens (tertiary/aromatic N) is 4. The second-order valence-electron chi connectivity index (χ2n) is 7.77. The van der Waals surface area contributed by atoms with E-state index < -0.39 is 42.4 Å². The first-order valence-corrected chi connectivity index (χ1v) is 10.5. The zero-order valence-electron chi connectivity index (χ0n) is 18.4. The average molecular weight is 463 g/mol. The monoisotopic (exact) mass is 463 g/mol. The van der Waals surface area contributed by atoms with E-state index in [1.165, 1.54) is 33.4 Å². The number of carbonyl (C=O) groups is 3. The Morgan fingerprint density at radius 3 is 2.52 bits per heavy atom. The highest BCUT2D eigenvalue weighted by molar-refractivity contribution is 5.83. The number of anilines is 1. The fraction of sp³-hybridized carbons (Fsp3) is 0.600. The van der Waals surface area contributed by atoms with Gasteiger partial charge in [-0.3, -0.25) is 19.0 Å². The zero-order valence-corrected chi connectivity index (χ0v) is 18.4. The van der Waals surface area contributed by atoms with E-state index in [-0.39, 0.29) is 12.6 Å². The van der Waals surface area contributed by atoms with Crippen molar-refractivity contribution in [2.75, 3.05) is 25.1 Å². The van der Waals surface area contributed by atoms with E-state index >= 15 is 0 Å². The molecular formula is C20H25N5O8. The summed E-state index contributed by atoms with van der Waals surface area (Å²) in [5, 5.41) is 3.30. The van der Waals surface area contributed by atoms with Gasteiger partial charge in [-0.05, 0) is 6.42 Å². The lowest BCUT2D eigenvalue weighted by molar-refractivity contribution is -0.166. The molecule has 0 amide bonds. The van der Waals surface area contributed by atoms with Gasteiger partial charge in [-0.15, -0.1) is 0 Å². The van der Waals surface area contributed by atoms with Crippen molar-refractivity contribution in [2.24, 2.45) is 0 Å². The summed E-state index contributed by atoms with van der Waals surface area (Å²) in [4.78, 5) is 48.0. The summed E-state index contributed by atoms with van der Waals surface area (Å²) >= 11 is 0. The van der Waals surface area contributed by atoms with Crippen LogP contribution >= 0.6 is 0 Å². The maximum absolute atomic E-state index is 11.9. The second-order valence-corrected chi connectivity index (χ2v) is 7.77. The number of hydrogen-bond donors (Lipinski definition) is 1. The number of fused-ring (bicyclic) bond motifs is 1. The predicted octanol–water partition coefficient (Wildman–Crippen LogP) is 0.351. The van der Waals surface area contributed by atoms with Crippen molar-refractivity contribution >= 4 is 34.9 Å². The maximum atomic E-state index is 11.9. The van der Waals surface area contributed by atoms with Crippen molar-refractivity contribution in [1.29, 1.82) is 0 Å². The lowest BCUT2D eigenvalue weighted by Gasteiger charge is -2.23. The van der Waals surface area contributed by atoms with Crippen molar-refractivity contribution in [3.8, 4) is 0 Å². The second kappa shape index (κ2) is 9.67. The van der Waals surface area contributed by atoms with Crippen LogP contribution in [0.15, 0.2) is 12.7 Å². The smallest absolute Gasteiger partial charge is 0.303 e. The van der Waals surface area contributed by atoms with Crippen LogP contribution in [0, 0.1) is 0 Å². The molecule has 2 fully saturated rings. The Kier molecular flexibility index (Phi) is 6.70. The third-order valence-corrected chi connectivity index (χ3v) is 5.24. The molecule has 5 atom stereocenters. The van der Waals surface area contributed by atoms with Crippen LogP contribution in [0.1, 0.15) is 33.4 Å². The number of esters is 3. The molecule has 0 bridgehead atoms. The number of hydrogen-bond acceptors (Lipinski definition) is 12. The van der Waals surface area contributed by atoms with Crippen LogP contribution in [-0.2, 0) is 38.1 Å². The van der Waals surface area contributed by atoms with Gasteiger partial charge in [0.2, 0.25) is 0 Å². The minimum Gasteiger partial charge on any atom is -0.463 e. The minimum atomic E-state index is -1.03. The Balaban J connectivity index is 1.68. The summed E-state index contributed by atoms with van der Waals surface area (Å²) in [6, 6.07) is 0.103. The summed E-state index contributed by atoms with van der Waals surface area (Å²) in [5.41, 5.74) is 0.908. The molecule has 0 spiro atoms. The molecule has 4 heterocycles. The van der Waals surface area contributed by atoms with Gasteiger partial charge >= 0.3 is 17.9 Å². The predicted molar refractivity (Wildman–Crippen MR) is 110 cm³/mol. The number of aromatic nitrogens is 4. The quantitative estimate of drug-likeness (QED) is 0.445. The highest BCUT2D eigenvalue weighted by Gasteiger charge is 2.51. The normalized spacial score (nSPS) is 26.8. The minimum absolute atomic E-state index is 0.103. The first-order chi connectivity index (χ1) is 15.8. The molecule has 13 nitrogen and oxygen atoms in total. The van der Waals surface area contributed by atoms with Gasteiger partial charge in [-0.2, -0.15) is 0 Å². The van der Waals surface area contributed by atoms with Crippen LogP contribution in [0.2, 0.25) is 0 Å². The molecule has 4 rings (SSSR count). The molecule has 2 aliphatic rings. The molecule has 2 aliphatic heterocycles. The molecule has 2 unspecified atom stereocenters. The first-order valence-electron chi connectivity index (χ1n) is 10.5. The average Bonchev–Trinajstić information content (AvgIpc) is 3.47. The van der Waals surface area contributed by atoms with E-state index in [4.69, 9.17) is 23.7 Å². The Labute approximate surface area is 188 Å². The van der Waals surface area contributed by atoms with Gasteiger partial charge < -0.3 is 29.0 Å². The van der Waals surface area contributed by atoms with E-state index in [1.807, 2.05) is 0 Å². The van der Waals surface area contributed by atoms with Crippen molar-refractivity contribution in [1.82, 2.24) is 19.5 Å². The molecular weight excluding hydrogens is 438 g/mol. The Morgan fingerprint density at radius 1 is 1.09 bits per heavy atom. The van der Waals surface area contributed by atoms with Crippen LogP contribution in [0.4, 0.5) is 5.82 Å². The standard InChI is InChI=1S/C20H25N5O8/c1-10(26)30-7-14-16(31-11(2)27)17(32-12(3)28)20(33-14)25-9-23-15-18(21-8-22-19(15)25)24-13-4-5-29-6-13/h8-9,13-14,16-17,20H,4-7H2,1-3H3,(H,21,22,24)/t13?,14-,16-,17-,20?/m1/s1. The zero-order chi connectivity index (χ0) is 23.5. The fourth-order valence-corrected chi connectivity index (χ4v) is 3.90. The van der Waals surface area contributed by atoms with E-state index in [9.17, 15) is 14.4 Å². The van der Waals surface area contributed by atoms with Crippen LogP contribution in [0.5, 0.6) is 0 Å². The van der Waals surface area contributed by atoms with Crippen LogP contribution in [0.3, 0.4) is 0 Å². The molecule has 2 aromatic rings. The highest BCUT2D eigenvalue weighted by atomic mass is 16.7. The molecule has 1 N–H and O–H groups in total. The Bertz CT molecular complexity index is 1040. The maximum Gasteiger partial charge on any atom is 0.303 e. The van der Waals surface area contributed by atoms with Gasteiger partial charge in [-0.1, -0.05) is 0 Å².